The normalized spacial score (nSPS) is 17.6. The van der Waals surface area contributed by atoms with E-state index in [1.165, 1.54) is 14.2 Å². The molecule has 0 bridgehead atoms. The predicted molar refractivity (Wildman–Crippen MR) is 117 cm³/mol. The number of nitrogens with one attached hydrogen (secondary N) is 2. The molecule has 0 spiro atoms. The minimum Gasteiger partial charge on any atom is -0.493 e. The molecule has 3 aromatic rings. The predicted octanol–water partition coefficient (Wildman–Crippen LogP) is 5.47. The molecule has 7 nitrogen and oxygen atoms in total. The summed E-state index contributed by atoms with van der Waals surface area (Å²) in [5, 5.41) is 10.1. The van der Waals surface area contributed by atoms with Crippen LogP contribution in [0, 0.1) is 0 Å². The van der Waals surface area contributed by atoms with Crippen molar-refractivity contribution in [3.8, 4) is 11.5 Å². The van der Waals surface area contributed by atoms with Crippen LogP contribution in [0.4, 0.5) is 24.7 Å². The Morgan fingerprint density at radius 2 is 1.85 bits per heavy atom. The van der Waals surface area contributed by atoms with E-state index in [-0.39, 0.29) is 17.8 Å². The molecule has 2 aromatic carbocycles. The summed E-state index contributed by atoms with van der Waals surface area (Å²) in [5.74, 6) is 0.229. The first-order valence-corrected chi connectivity index (χ1v) is 10.3. The Balaban J connectivity index is 1.69. The van der Waals surface area contributed by atoms with Crippen molar-refractivity contribution in [2.75, 3.05) is 24.9 Å². The number of hydrogen-bond donors (Lipinski definition) is 2. The third-order valence-electron chi connectivity index (χ3n) is 5.40. The van der Waals surface area contributed by atoms with Gasteiger partial charge in [0.25, 0.3) is 5.91 Å². The Bertz CT molecular complexity index is 1160. The Kier molecular flexibility index (Phi) is 6.11. The monoisotopic (exact) mass is 480 g/mol. The largest absolute Gasteiger partial charge is 0.493 e. The van der Waals surface area contributed by atoms with E-state index < -0.39 is 24.2 Å². The molecule has 174 valence electrons. The highest BCUT2D eigenvalue weighted by atomic mass is 35.5. The number of halogens is 4. The molecule has 33 heavy (non-hydrogen) atoms. The van der Waals surface area contributed by atoms with Gasteiger partial charge in [0, 0.05) is 17.1 Å². The molecule has 1 amide bonds. The quantitative estimate of drug-likeness (QED) is 0.506. The molecular weight excluding hydrogens is 461 g/mol. The van der Waals surface area contributed by atoms with E-state index in [0.29, 0.717) is 27.8 Å². The molecule has 1 aliphatic rings. The van der Waals surface area contributed by atoms with E-state index in [1.54, 1.807) is 42.5 Å². The molecule has 0 aliphatic carbocycles. The Morgan fingerprint density at radius 1 is 1.15 bits per heavy atom. The van der Waals surface area contributed by atoms with Gasteiger partial charge in [0.15, 0.2) is 17.5 Å². The molecule has 1 aromatic heterocycles. The Hall–Kier alpha value is -3.40. The van der Waals surface area contributed by atoms with Gasteiger partial charge in [-0.15, -0.1) is 0 Å². The van der Waals surface area contributed by atoms with Gasteiger partial charge in [-0.1, -0.05) is 17.7 Å². The van der Waals surface area contributed by atoms with Crippen molar-refractivity contribution >= 4 is 29.0 Å². The number of anilines is 2. The lowest BCUT2D eigenvalue weighted by Crippen LogP contribution is -2.36. The van der Waals surface area contributed by atoms with E-state index in [1.807, 2.05) is 0 Å². The molecule has 0 fully saturated rings. The van der Waals surface area contributed by atoms with Gasteiger partial charge in [0.05, 0.1) is 26.5 Å². The van der Waals surface area contributed by atoms with Crippen LogP contribution in [-0.4, -0.2) is 36.1 Å². The van der Waals surface area contributed by atoms with Gasteiger partial charge < -0.3 is 20.1 Å². The zero-order chi connectivity index (χ0) is 23.8. The lowest BCUT2D eigenvalue weighted by Gasteiger charge is -2.34. The van der Waals surface area contributed by atoms with Crippen molar-refractivity contribution in [1.29, 1.82) is 0 Å². The number of benzene rings is 2. The van der Waals surface area contributed by atoms with Gasteiger partial charge >= 0.3 is 6.18 Å². The van der Waals surface area contributed by atoms with E-state index in [9.17, 15) is 18.0 Å². The summed E-state index contributed by atoms with van der Waals surface area (Å²) >= 11 is 5.86. The van der Waals surface area contributed by atoms with Crippen molar-refractivity contribution in [1.82, 2.24) is 9.78 Å². The fourth-order valence-electron chi connectivity index (χ4n) is 3.75. The topological polar surface area (TPSA) is 77.4 Å². The molecule has 2 atom stereocenters. The van der Waals surface area contributed by atoms with Crippen molar-refractivity contribution in [3.05, 3.63) is 64.8 Å². The Morgan fingerprint density at radius 3 is 2.48 bits per heavy atom. The molecule has 4 rings (SSSR count). The minimum atomic E-state index is -4.57. The SMILES string of the molecule is COc1ccc([C@@H]2C[C@H](C(F)(F)F)n3ncc(C(=O)Nc4ccc(Cl)cc4)c3N2)cc1OC. The van der Waals surface area contributed by atoms with Gasteiger partial charge in [-0.05, 0) is 42.0 Å². The van der Waals surface area contributed by atoms with Crippen LogP contribution in [0.5, 0.6) is 11.5 Å². The lowest BCUT2D eigenvalue weighted by molar-refractivity contribution is -0.173. The molecule has 1 aliphatic heterocycles. The summed E-state index contributed by atoms with van der Waals surface area (Å²) in [7, 11) is 2.92. The van der Waals surface area contributed by atoms with E-state index >= 15 is 0 Å². The van der Waals surface area contributed by atoms with Crippen LogP contribution in [-0.2, 0) is 0 Å². The van der Waals surface area contributed by atoms with Gasteiger partial charge in [0.2, 0.25) is 0 Å². The van der Waals surface area contributed by atoms with Crippen LogP contribution in [0.1, 0.15) is 34.4 Å². The fraction of sp³-hybridized carbons (Fsp3) is 0.273. The second kappa shape index (κ2) is 8.86. The number of carbonyl (C=O) groups excluding carboxylic acids is 1. The van der Waals surface area contributed by atoms with Crippen molar-refractivity contribution in [2.45, 2.75) is 24.7 Å². The summed E-state index contributed by atoms with van der Waals surface area (Å²) in [4.78, 5) is 12.9. The fourth-order valence-corrected chi connectivity index (χ4v) is 3.87. The Labute approximate surface area is 192 Å². The molecule has 0 saturated heterocycles. The summed E-state index contributed by atoms with van der Waals surface area (Å²) in [5.41, 5.74) is 0.992. The van der Waals surface area contributed by atoms with Gasteiger partial charge in [-0.3, -0.25) is 4.79 Å². The smallest absolute Gasteiger partial charge is 0.410 e. The van der Waals surface area contributed by atoms with E-state index in [4.69, 9.17) is 21.1 Å². The summed E-state index contributed by atoms with van der Waals surface area (Å²) < 4.78 is 53.1. The molecule has 0 unspecified atom stereocenters. The zero-order valence-electron chi connectivity index (χ0n) is 17.6. The van der Waals surface area contributed by atoms with Gasteiger partial charge in [0.1, 0.15) is 11.4 Å². The number of alkyl halides is 3. The number of amides is 1. The third kappa shape index (κ3) is 4.56. The second-order valence-corrected chi connectivity index (χ2v) is 7.85. The van der Waals surface area contributed by atoms with Gasteiger partial charge in [-0.2, -0.15) is 18.3 Å². The first-order chi connectivity index (χ1) is 15.7. The number of aromatic nitrogens is 2. The lowest BCUT2D eigenvalue weighted by atomic mass is 9.96. The van der Waals surface area contributed by atoms with E-state index in [0.717, 1.165) is 10.9 Å². The number of ether oxygens (including phenoxy) is 2. The van der Waals surface area contributed by atoms with Crippen molar-refractivity contribution in [2.24, 2.45) is 0 Å². The number of methoxy groups -OCH3 is 2. The van der Waals surface area contributed by atoms with E-state index in [2.05, 4.69) is 15.7 Å². The maximum Gasteiger partial charge on any atom is 0.410 e. The summed E-state index contributed by atoms with van der Waals surface area (Å²) in [6.45, 7) is 0. The van der Waals surface area contributed by atoms with Crippen LogP contribution in [0.25, 0.3) is 0 Å². The maximum absolute atomic E-state index is 13.9. The first kappa shape index (κ1) is 22.8. The number of carbonyl (C=O) groups is 1. The number of nitrogens with zero attached hydrogens (tertiary/aromatic N) is 2. The molecule has 2 N–H and O–H groups in total. The van der Waals surface area contributed by atoms with Crippen LogP contribution < -0.4 is 20.1 Å². The van der Waals surface area contributed by atoms with Crippen LogP contribution in [0.3, 0.4) is 0 Å². The molecular formula is C22H20ClF3N4O3. The number of rotatable bonds is 5. The first-order valence-electron chi connectivity index (χ1n) is 9.91. The zero-order valence-corrected chi connectivity index (χ0v) is 18.4. The highest BCUT2D eigenvalue weighted by molar-refractivity contribution is 6.30. The number of fused-ring (bicyclic) bond motifs is 1. The minimum absolute atomic E-state index is 0.00984. The maximum atomic E-state index is 13.9. The highest BCUT2D eigenvalue weighted by Gasteiger charge is 2.47. The van der Waals surface area contributed by atoms with Crippen LogP contribution in [0.15, 0.2) is 48.7 Å². The van der Waals surface area contributed by atoms with Crippen LogP contribution in [0.2, 0.25) is 5.02 Å². The molecule has 2 heterocycles. The van der Waals surface area contributed by atoms with Crippen molar-refractivity contribution in [3.63, 3.8) is 0 Å². The second-order valence-electron chi connectivity index (χ2n) is 7.42. The average Bonchev–Trinajstić information content (AvgIpc) is 3.22. The number of hydrogen-bond acceptors (Lipinski definition) is 5. The average molecular weight is 481 g/mol. The highest BCUT2D eigenvalue weighted by Crippen LogP contribution is 2.45. The standard InChI is InChI=1S/C22H20ClF3N4O3/c1-32-17-8-3-12(9-18(17)33-2)16-10-19(22(24,25)26)30-20(29-16)15(11-27-30)21(31)28-14-6-4-13(23)5-7-14/h3-9,11,16,19,29H,10H2,1-2H3,(H,28,31)/t16-,19+/m0/s1. The summed E-state index contributed by atoms with van der Waals surface area (Å²) in [6, 6.07) is 8.61. The summed E-state index contributed by atoms with van der Waals surface area (Å²) in [6.07, 6.45) is -3.75. The van der Waals surface area contributed by atoms with Crippen LogP contribution >= 0.6 is 11.6 Å². The van der Waals surface area contributed by atoms with Crippen molar-refractivity contribution < 1.29 is 27.4 Å². The molecule has 0 saturated carbocycles. The van der Waals surface area contributed by atoms with Gasteiger partial charge in [-0.25, -0.2) is 4.68 Å². The third-order valence-corrected chi connectivity index (χ3v) is 5.65. The molecule has 0 radical (unpaired) electrons. The molecule has 11 heteroatoms.